The second-order valence-corrected chi connectivity index (χ2v) is 7.32. The number of Topliss-reactive ketones (excluding diaryl/α,β-unsaturated/α-hetero) is 1. The molecule has 4 rings (SSSR count). The van der Waals surface area contributed by atoms with E-state index in [0.717, 1.165) is 12.1 Å². The van der Waals surface area contributed by atoms with Crippen LogP contribution in [0.2, 0.25) is 0 Å². The van der Waals surface area contributed by atoms with Crippen LogP contribution in [0.5, 0.6) is 5.75 Å². The number of fused-ring (bicyclic) bond motifs is 1. The van der Waals surface area contributed by atoms with Gasteiger partial charge in [-0.1, -0.05) is 12.1 Å². The SMILES string of the molecule is CCOc1ccc(NC(=O)Nc2ccc(C3=CCC(=O)c4ccoc43)cc2F)cc1C(F)(F)F. The van der Waals surface area contributed by atoms with Gasteiger partial charge >= 0.3 is 12.2 Å². The van der Waals surface area contributed by atoms with E-state index in [9.17, 15) is 27.2 Å². The number of ether oxygens (including phenoxy) is 1. The fraction of sp³-hybridized carbons (Fsp3) is 0.167. The lowest BCUT2D eigenvalue weighted by molar-refractivity contribution is -0.138. The molecule has 2 N–H and O–H groups in total. The smallest absolute Gasteiger partial charge is 0.420 e. The lowest BCUT2D eigenvalue weighted by atomic mass is 9.92. The minimum Gasteiger partial charge on any atom is -0.493 e. The van der Waals surface area contributed by atoms with Gasteiger partial charge in [0, 0.05) is 17.7 Å². The molecule has 1 aliphatic carbocycles. The molecule has 0 saturated carbocycles. The van der Waals surface area contributed by atoms with Gasteiger partial charge in [0.05, 0.1) is 29.7 Å². The number of carbonyl (C=O) groups is 2. The lowest BCUT2D eigenvalue weighted by Crippen LogP contribution is -2.20. The first-order chi connectivity index (χ1) is 16.2. The van der Waals surface area contributed by atoms with Crippen molar-refractivity contribution in [3.05, 3.63) is 83.1 Å². The number of alkyl halides is 3. The molecule has 1 aliphatic rings. The zero-order chi connectivity index (χ0) is 24.5. The first-order valence-electron chi connectivity index (χ1n) is 10.2. The molecule has 2 amide bonds. The van der Waals surface area contributed by atoms with E-state index in [1.165, 1.54) is 30.5 Å². The van der Waals surface area contributed by atoms with Crippen molar-refractivity contribution in [3.63, 3.8) is 0 Å². The molecule has 0 aliphatic heterocycles. The highest BCUT2D eigenvalue weighted by atomic mass is 19.4. The molecule has 6 nitrogen and oxygen atoms in total. The molecule has 34 heavy (non-hydrogen) atoms. The van der Waals surface area contributed by atoms with Gasteiger partial charge in [-0.2, -0.15) is 13.2 Å². The molecule has 2 aromatic carbocycles. The minimum absolute atomic E-state index is 0.0417. The highest BCUT2D eigenvalue weighted by Crippen LogP contribution is 2.38. The molecule has 176 valence electrons. The number of rotatable bonds is 5. The lowest BCUT2D eigenvalue weighted by Gasteiger charge is -2.16. The van der Waals surface area contributed by atoms with Gasteiger partial charge in [-0.25, -0.2) is 9.18 Å². The molecule has 0 radical (unpaired) electrons. The summed E-state index contributed by atoms with van der Waals surface area (Å²) in [7, 11) is 0. The van der Waals surface area contributed by atoms with Crippen LogP contribution >= 0.6 is 0 Å². The number of halogens is 4. The van der Waals surface area contributed by atoms with Crippen molar-refractivity contribution in [3.8, 4) is 5.75 Å². The highest BCUT2D eigenvalue weighted by Gasteiger charge is 2.35. The molecule has 1 aromatic heterocycles. The van der Waals surface area contributed by atoms with Crippen molar-refractivity contribution < 1.29 is 36.3 Å². The second kappa shape index (κ2) is 9.05. The van der Waals surface area contributed by atoms with Crippen molar-refractivity contribution in [2.75, 3.05) is 17.2 Å². The second-order valence-electron chi connectivity index (χ2n) is 7.32. The summed E-state index contributed by atoms with van der Waals surface area (Å²) in [6.45, 7) is 1.59. The van der Waals surface area contributed by atoms with E-state index in [0.29, 0.717) is 22.5 Å². The number of anilines is 2. The first kappa shape index (κ1) is 23.1. The normalized spacial score (nSPS) is 13.2. The van der Waals surface area contributed by atoms with E-state index in [1.807, 2.05) is 0 Å². The Kier molecular flexibility index (Phi) is 6.14. The van der Waals surface area contributed by atoms with Gasteiger partial charge < -0.3 is 19.8 Å². The van der Waals surface area contributed by atoms with Gasteiger partial charge in [-0.15, -0.1) is 0 Å². The van der Waals surface area contributed by atoms with Crippen molar-refractivity contribution in [2.45, 2.75) is 19.5 Å². The molecule has 1 heterocycles. The van der Waals surface area contributed by atoms with Crippen LogP contribution in [0.4, 0.5) is 33.7 Å². The van der Waals surface area contributed by atoms with Crippen LogP contribution in [-0.2, 0) is 6.18 Å². The number of hydrogen-bond acceptors (Lipinski definition) is 4. The van der Waals surface area contributed by atoms with E-state index in [2.05, 4.69) is 10.6 Å². The Morgan fingerprint density at radius 2 is 1.91 bits per heavy atom. The standard InChI is InChI=1S/C24H18F4N2O4/c1-2-33-21-8-4-14(12-17(21)24(26,27)28)29-23(32)30-19-6-3-13(11-18(19)25)15-5-7-20(31)16-9-10-34-22(15)16/h3-6,8-12H,2,7H2,1H3,(H2,29,30,32). The van der Waals surface area contributed by atoms with Crippen LogP contribution in [-0.4, -0.2) is 18.4 Å². The number of ketones is 1. The van der Waals surface area contributed by atoms with Gasteiger partial charge in [0.1, 0.15) is 17.3 Å². The summed E-state index contributed by atoms with van der Waals surface area (Å²) in [5, 5.41) is 4.53. The topological polar surface area (TPSA) is 80.6 Å². The van der Waals surface area contributed by atoms with Crippen molar-refractivity contribution in [1.82, 2.24) is 0 Å². The Morgan fingerprint density at radius 1 is 1.12 bits per heavy atom. The molecule has 0 atom stereocenters. The molecule has 0 bridgehead atoms. The van der Waals surface area contributed by atoms with Crippen LogP contribution in [0.3, 0.4) is 0 Å². The van der Waals surface area contributed by atoms with Crippen LogP contribution in [0.25, 0.3) is 5.57 Å². The third-order valence-corrected chi connectivity index (χ3v) is 5.07. The average Bonchev–Trinajstić information content (AvgIpc) is 3.27. The van der Waals surface area contributed by atoms with E-state index in [-0.39, 0.29) is 35.9 Å². The summed E-state index contributed by atoms with van der Waals surface area (Å²) in [6.07, 6.45) is -1.53. The predicted molar refractivity (Wildman–Crippen MR) is 116 cm³/mol. The van der Waals surface area contributed by atoms with Crippen LogP contribution < -0.4 is 15.4 Å². The third kappa shape index (κ3) is 4.66. The van der Waals surface area contributed by atoms with Crippen molar-refractivity contribution in [2.24, 2.45) is 0 Å². The van der Waals surface area contributed by atoms with Crippen LogP contribution in [0.1, 0.15) is 40.6 Å². The van der Waals surface area contributed by atoms with Gasteiger partial charge in [0.2, 0.25) is 0 Å². The zero-order valence-electron chi connectivity index (χ0n) is 17.8. The molecule has 0 spiro atoms. The predicted octanol–water partition coefficient (Wildman–Crippen LogP) is 6.50. The number of allylic oxidation sites excluding steroid dienone is 1. The molecular formula is C24H18F4N2O4. The monoisotopic (exact) mass is 474 g/mol. The maximum Gasteiger partial charge on any atom is 0.420 e. The maximum atomic E-state index is 14.7. The molecule has 0 fully saturated rings. The van der Waals surface area contributed by atoms with Gasteiger partial charge in [0.25, 0.3) is 0 Å². The van der Waals surface area contributed by atoms with Crippen molar-refractivity contribution in [1.29, 1.82) is 0 Å². The number of amides is 2. The molecule has 0 unspecified atom stereocenters. The summed E-state index contributed by atoms with van der Waals surface area (Å²) >= 11 is 0. The molecule has 0 saturated heterocycles. The van der Waals surface area contributed by atoms with E-state index in [4.69, 9.17) is 9.15 Å². The summed E-state index contributed by atoms with van der Waals surface area (Å²) in [5.74, 6) is -0.904. The summed E-state index contributed by atoms with van der Waals surface area (Å²) in [6, 6.07) is 7.71. The quantitative estimate of drug-likeness (QED) is 0.414. The van der Waals surface area contributed by atoms with E-state index < -0.39 is 23.6 Å². The van der Waals surface area contributed by atoms with Crippen LogP contribution in [0.15, 0.2) is 59.2 Å². The first-order valence-corrected chi connectivity index (χ1v) is 10.2. The van der Waals surface area contributed by atoms with Gasteiger partial charge in [-0.05, 0) is 48.9 Å². The minimum atomic E-state index is -4.69. The fourth-order valence-electron chi connectivity index (χ4n) is 3.56. The number of urea groups is 1. The van der Waals surface area contributed by atoms with Gasteiger partial charge in [0.15, 0.2) is 5.78 Å². The zero-order valence-corrected chi connectivity index (χ0v) is 17.8. The molecular weight excluding hydrogens is 456 g/mol. The molecule has 3 aromatic rings. The number of nitrogens with one attached hydrogen (secondary N) is 2. The fourth-order valence-corrected chi connectivity index (χ4v) is 3.56. The van der Waals surface area contributed by atoms with E-state index >= 15 is 0 Å². The Balaban J connectivity index is 1.50. The number of carbonyl (C=O) groups excluding carboxylic acids is 2. The average molecular weight is 474 g/mol. The summed E-state index contributed by atoms with van der Waals surface area (Å²) in [5.41, 5.74) is 0.0208. The number of furan rings is 1. The Bertz CT molecular complexity index is 1290. The van der Waals surface area contributed by atoms with Gasteiger partial charge in [-0.3, -0.25) is 4.79 Å². The van der Waals surface area contributed by atoms with Crippen molar-refractivity contribution >= 4 is 28.8 Å². The third-order valence-electron chi connectivity index (χ3n) is 5.07. The number of hydrogen-bond donors (Lipinski definition) is 2. The van der Waals surface area contributed by atoms with Crippen LogP contribution in [0, 0.1) is 5.82 Å². The van der Waals surface area contributed by atoms with E-state index in [1.54, 1.807) is 19.1 Å². The number of benzene rings is 2. The molecule has 10 heteroatoms. The summed E-state index contributed by atoms with van der Waals surface area (Å²) < 4.78 is 64.9. The Labute approximate surface area is 191 Å². The largest absolute Gasteiger partial charge is 0.493 e. The Morgan fingerprint density at radius 3 is 2.62 bits per heavy atom. The summed E-state index contributed by atoms with van der Waals surface area (Å²) in [4.78, 5) is 24.2. The maximum absolute atomic E-state index is 14.7. The Hall–Kier alpha value is -4.08. The highest BCUT2D eigenvalue weighted by molar-refractivity contribution is 6.06.